The van der Waals surface area contributed by atoms with Gasteiger partial charge in [0.1, 0.15) is 11.6 Å². The molecule has 0 heterocycles. The summed E-state index contributed by atoms with van der Waals surface area (Å²) in [6.07, 6.45) is 1.03. The molecule has 0 bridgehead atoms. The fourth-order valence-corrected chi connectivity index (χ4v) is 1.86. The largest absolute Gasteiger partial charge is 0.396 e. The van der Waals surface area contributed by atoms with Crippen molar-refractivity contribution < 1.29 is 13.9 Å². The molecule has 2 aromatic carbocycles. The van der Waals surface area contributed by atoms with E-state index in [1.54, 1.807) is 24.3 Å². The zero-order valence-corrected chi connectivity index (χ0v) is 9.87. The Labute approximate surface area is 105 Å². The molecule has 1 N–H and O–H groups in total. The highest BCUT2D eigenvalue weighted by Crippen LogP contribution is 2.23. The van der Waals surface area contributed by atoms with E-state index >= 15 is 0 Å². The van der Waals surface area contributed by atoms with Crippen LogP contribution in [-0.4, -0.2) is 11.7 Å². The van der Waals surface area contributed by atoms with Crippen LogP contribution in [0.15, 0.2) is 42.5 Å². The molecule has 0 saturated carbocycles. The predicted octanol–water partition coefficient (Wildman–Crippen LogP) is 3.56. The first-order chi connectivity index (χ1) is 8.70. The maximum Gasteiger partial charge on any atom is 0.126 e. The monoisotopic (exact) mass is 248 g/mol. The van der Waals surface area contributed by atoms with E-state index in [2.05, 4.69) is 0 Å². The Hall–Kier alpha value is -1.74. The number of aliphatic hydroxyl groups excluding tert-OH is 1. The van der Waals surface area contributed by atoms with Crippen molar-refractivity contribution in [2.45, 2.75) is 12.8 Å². The van der Waals surface area contributed by atoms with Gasteiger partial charge in [-0.25, -0.2) is 8.78 Å². The first-order valence-corrected chi connectivity index (χ1v) is 5.86. The Kier molecular flexibility index (Phi) is 4.05. The van der Waals surface area contributed by atoms with Crippen molar-refractivity contribution >= 4 is 0 Å². The Balaban J connectivity index is 2.31. The number of rotatable bonds is 4. The van der Waals surface area contributed by atoms with Crippen molar-refractivity contribution in [1.82, 2.24) is 0 Å². The van der Waals surface area contributed by atoms with Gasteiger partial charge < -0.3 is 5.11 Å². The van der Waals surface area contributed by atoms with Gasteiger partial charge in [-0.05, 0) is 53.8 Å². The normalized spacial score (nSPS) is 10.6. The molecular weight excluding hydrogens is 234 g/mol. The quantitative estimate of drug-likeness (QED) is 0.877. The summed E-state index contributed by atoms with van der Waals surface area (Å²) in [7, 11) is 0. The molecule has 2 rings (SSSR count). The summed E-state index contributed by atoms with van der Waals surface area (Å²) in [5, 5.41) is 8.77. The molecule has 0 spiro atoms. The highest BCUT2D eigenvalue weighted by atomic mass is 19.1. The molecule has 0 atom stereocenters. The maximum atomic E-state index is 13.5. The molecule has 0 fully saturated rings. The smallest absolute Gasteiger partial charge is 0.126 e. The van der Waals surface area contributed by atoms with E-state index in [9.17, 15) is 8.78 Å². The van der Waals surface area contributed by atoms with Crippen molar-refractivity contribution in [3.05, 3.63) is 59.7 Å². The zero-order valence-electron chi connectivity index (χ0n) is 9.87. The lowest BCUT2D eigenvalue weighted by Gasteiger charge is -2.06. The minimum atomic E-state index is -0.290. The van der Waals surface area contributed by atoms with Crippen molar-refractivity contribution in [1.29, 1.82) is 0 Å². The molecule has 0 aromatic heterocycles. The number of benzene rings is 2. The van der Waals surface area contributed by atoms with Crippen LogP contribution in [0.25, 0.3) is 11.1 Å². The lowest BCUT2D eigenvalue weighted by molar-refractivity contribution is 0.288. The van der Waals surface area contributed by atoms with Crippen LogP contribution in [0.4, 0.5) is 8.78 Å². The number of hydrogen-bond acceptors (Lipinski definition) is 1. The molecule has 0 saturated heterocycles. The third-order valence-electron chi connectivity index (χ3n) is 2.83. The molecule has 0 amide bonds. The van der Waals surface area contributed by atoms with Crippen molar-refractivity contribution in [3.63, 3.8) is 0 Å². The van der Waals surface area contributed by atoms with Crippen LogP contribution < -0.4 is 0 Å². The summed E-state index contributed by atoms with van der Waals surface area (Å²) in [6.45, 7) is 0.0419. The van der Waals surface area contributed by atoms with E-state index in [1.165, 1.54) is 18.2 Å². The van der Waals surface area contributed by atoms with E-state index in [1.807, 2.05) is 0 Å². The molecule has 18 heavy (non-hydrogen) atoms. The van der Waals surface area contributed by atoms with Gasteiger partial charge >= 0.3 is 0 Å². The summed E-state index contributed by atoms with van der Waals surface area (Å²) in [5.74, 6) is -0.560. The van der Waals surface area contributed by atoms with Crippen LogP contribution >= 0.6 is 0 Å². The fourth-order valence-electron chi connectivity index (χ4n) is 1.86. The Morgan fingerprint density at radius 1 is 0.889 bits per heavy atom. The molecule has 0 radical (unpaired) electrons. The van der Waals surface area contributed by atoms with Gasteiger partial charge in [0.25, 0.3) is 0 Å². The predicted molar refractivity (Wildman–Crippen MR) is 67.2 cm³/mol. The van der Waals surface area contributed by atoms with Crippen LogP contribution in [-0.2, 0) is 6.42 Å². The number of aryl methyl sites for hydroxylation is 1. The molecule has 0 aliphatic carbocycles. The first kappa shape index (κ1) is 12.7. The second-order valence-corrected chi connectivity index (χ2v) is 4.14. The average molecular weight is 248 g/mol. The van der Waals surface area contributed by atoms with E-state index in [0.717, 1.165) is 11.1 Å². The lowest BCUT2D eigenvalue weighted by Crippen LogP contribution is -1.94. The number of hydrogen-bond donors (Lipinski definition) is 1. The topological polar surface area (TPSA) is 20.2 Å². The molecule has 0 aliphatic heterocycles. The number of halogens is 2. The van der Waals surface area contributed by atoms with E-state index in [0.29, 0.717) is 18.4 Å². The van der Waals surface area contributed by atoms with Gasteiger partial charge in [-0.15, -0.1) is 0 Å². The van der Waals surface area contributed by atoms with E-state index in [4.69, 9.17) is 5.11 Å². The van der Waals surface area contributed by atoms with Crippen molar-refractivity contribution in [2.75, 3.05) is 6.61 Å². The highest BCUT2D eigenvalue weighted by molar-refractivity contribution is 5.64. The molecule has 0 unspecified atom stereocenters. The summed E-state index contributed by atoms with van der Waals surface area (Å²) in [4.78, 5) is 0. The van der Waals surface area contributed by atoms with Crippen molar-refractivity contribution in [3.8, 4) is 11.1 Å². The van der Waals surface area contributed by atoms with Crippen LogP contribution in [0.1, 0.15) is 12.0 Å². The Bertz CT molecular complexity index is 521. The van der Waals surface area contributed by atoms with Crippen LogP contribution in [0.2, 0.25) is 0 Å². The summed E-state index contributed by atoms with van der Waals surface area (Å²) >= 11 is 0. The van der Waals surface area contributed by atoms with Crippen LogP contribution in [0.5, 0.6) is 0 Å². The maximum absolute atomic E-state index is 13.5. The number of aliphatic hydroxyl groups is 1. The van der Waals surface area contributed by atoms with Crippen molar-refractivity contribution in [2.24, 2.45) is 0 Å². The standard InChI is InChI=1S/C15H14F2O/c16-14-6-3-11(4-7-14)12-5-8-15(17)13(10-12)2-1-9-18/h3-8,10,18H,1-2,9H2. The summed E-state index contributed by atoms with van der Waals surface area (Å²) in [6, 6.07) is 10.9. The second-order valence-electron chi connectivity index (χ2n) is 4.14. The minimum absolute atomic E-state index is 0.0419. The van der Waals surface area contributed by atoms with E-state index < -0.39 is 0 Å². The highest BCUT2D eigenvalue weighted by Gasteiger charge is 2.05. The van der Waals surface area contributed by atoms with Gasteiger partial charge in [0, 0.05) is 6.61 Å². The molecule has 3 heteroatoms. The summed E-state index contributed by atoms with van der Waals surface area (Å²) in [5.41, 5.74) is 2.27. The van der Waals surface area contributed by atoms with Gasteiger partial charge in [-0.3, -0.25) is 0 Å². The molecule has 94 valence electrons. The second kappa shape index (κ2) is 5.74. The molecule has 1 nitrogen and oxygen atoms in total. The van der Waals surface area contributed by atoms with Crippen LogP contribution in [0.3, 0.4) is 0 Å². The van der Waals surface area contributed by atoms with Gasteiger partial charge in [-0.2, -0.15) is 0 Å². The Morgan fingerprint density at radius 3 is 2.22 bits per heavy atom. The SMILES string of the molecule is OCCCc1cc(-c2ccc(F)cc2)ccc1F. The van der Waals surface area contributed by atoms with Gasteiger partial charge in [0.05, 0.1) is 0 Å². The molecule has 0 aliphatic rings. The van der Waals surface area contributed by atoms with E-state index in [-0.39, 0.29) is 18.2 Å². The fraction of sp³-hybridized carbons (Fsp3) is 0.200. The average Bonchev–Trinajstić information content (AvgIpc) is 2.39. The lowest BCUT2D eigenvalue weighted by atomic mass is 10.0. The molecular formula is C15H14F2O. The minimum Gasteiger partial charge on any atom is -0.396 e. The summed E-state index contributed by atoms with van der Waals surface area (Å²) < 4.78 is 26.4. The zero-order chi connectivity index (χ0) is 13.0. The van der Waals surface area contributed by atoms with Crippen LogP contribution in [0, 0.1) is 11.6 Å². The first-order valence-electron chi connectivity index (χ1n) is 5.86. The third-order valence-corrected chi connectivity index (χ3v) is 2.83. The molecule has 2 aromatic rings. The third kappa shape index (κ3) is 2.93. The van der Waals surface area contributed by atoms with Gasteiger partial charge in [0.15, 0.2) is 0 Å². The Morgan fingerprint density at radius 2 is 1.56 bits per heavy atom. The van der Waals surface area contributed by atoms with Gasteiger partial charge in [-0.1, -0.05) is 18.2 Å². The van der Waals surface area contributed by atoms with Gasteiger partial charge in [0.2, 0.25) is 0 Å².